The first kappa shape index (κ1) is 15.4. The first-order valence-corrected chi connectivity index (χ1v) is 8.18. The summed E-state index contributed by atoms with van der Waals surface area (Å²) < 4.78 is 6.41. The Morgan fingerprint density at radius 3 is 2.60 bits per heavy atom. The van der Waals surface area contributed by atoms with E-state index in [2.05, 4.69) is 44.3 Å². The molecule has 1 aliphatic carbocycles. The van der Waals surface area contributed by atoms with E-state index in [-0.39, 0.29) is 0 Å². The molecule has 0 amide bonds. The molecule has 0 heterocycles. The minimum atomic E-state index is 0.316. The molecule has 2 nitrogen and oxygen atoms in total. The predicted octanol–water partition coefficient (Wildman–Crippen LogP) is 4.38. The number of hydrogen-bond acceptors (Lipinski definition) is 2. The summed E-state index contributed by atoms with van der Waals surface area (Å²) in [7, 11) is 0. The summed E-state index contributed by atoms with van der Waals surface area (Å²) in [5, 5.41) is 3.63. The largest absolute Gasteiger partial charge is 0.489 e. The molecular weight excluding hydrogens is 246 g/mol. The molecule has 2 unspecified atom stereocenters. The van der Waals surface area contributed by atoms with Crippen molar-refractivity contribution in [3.05, 3.63) is 29.3 Å². The second-order valence-electron chi connectivity index (χ2n) is 6.08. The zero-order valence-electron chi connectivity index (χ0n) is 13.2. The second-order valence-corrected chi connectivity index (χ2v) is 6.08. The van der Waals surface area contributed by atoms with Gasteiger partial charge in [-0.3, -0.25) is 0 Å². The van der Waals surface area contributed by atoms with Crippen molar-refractivity contribution in [2.24, 2.45) is 0 Å². The van der Waals surface area contributed by atoms with E-state index < -0.39 is 0 Å². The van der Waals surface area contributed by atoms with Crippen molar-refractivity contribution in [3.63, 3.8) is 0 Å². The van der Waals surface area contributed by atoms with E-state index in [0.29, 0.717) is 12.1 Å². The fourth-order valence-corrected chi connectivity index (χ4v) is 3.08. The van der Waals surface area contributed by atoms with Gasteiger partial charge in [0.15, 0.2) is 0 Å². The van der Waals surface area contributed by atoms with Crippen molar-refractivity contribution in [1.82, 2.24) is 5.32 Å². The summed E-state index contributed by atoms with van der Waals surface area (Å²) in [6.45, 7) is 7.48. The highest BCUT2D eigenvalue weighted by molar-refractivity contribution is 5.36. The molecule has 1 aromatic rings. The molecule has 0 aliphatic heterocycles. The lowest BCUT2D eigenvalue weighted by Crippen LogP contribution is -2.43. The van der Waals surface area contributed by atoms with Gasteiger partial charge in [-0.15, -0.1) is 0 Å². The molecule has 1 fully saturated rings. The molecule has 1 saturated carbocycles. The number of nitrogens with one attached hydrogen (secondary N) is 1. The van der Waals surface area contributed by atoms with Crippen LogP contribution in [0.2, 0.25) is 0 Å². The molecule has 112 valence electrons. The summed E-state index contributed by atoms with van der Waals surface area (Å²) in [6.07, 6.45) is 8.07. The van der Waals surface area contributed by atoms with Crippen LogP contribution in [-0.4, -0.2) is 18.7 Å². The maximum absolute atomic E-state index is 6.41. The highest BCUT2D eigenvalue weighted by atomic mass is 16.5. The van der Waals surface area contributed by atoms with Gasteiger partial charge in [-0.25, -0.2) is 0 Å². The Labute approximate surface area is 123 Å². The monoisotopic (exact) mass is 275 g/mol. The number of benzene rings is 1. The number of aryl methyl sites for hydroxylation is 2. The van der Waals surface area contributed by atoms with Gasteiger partial charge in [-0.2, -0.15) is 0 Å². The predicted molar refractivity (Wildman–Crippen MR) is 85.5 cm³/mol. The smallest absolute Gasteiger partial charge is 0.122 e. The van der Waals surface area contributed by atoms with Crippen LogP contribution >= 0.6 is 0 Å². The van der Waals surface area contributed by atoms with E-state index in [9.17, 15) is 0 Å². The van der Waals surface area contributed by atoms with Gasteiger partial charge in [-0.05, 0) is 56.8 Å². The van der Waals surface area contributed by atoms with E-state index in [1.165, 1.54) is 49.7 Å². The summed E-state index contributed by atoms with van der Waals surface area (Å²) >= 11 is 0. The topological polar surface area (TPSA) is 21.3 Å². The van der Waals surface area contributed by atoms with E-state index in [1.807, 2.05) is 0 Å². The lowest BCUT2D eigenvalue weighted by Gasteiger charge is -2.31. The van der Waals surface area contributed by atoms with Crippen molar-refractivity contribution >= 4 is 0 Å². The van der Waals surface area contributed by atoms with Gasteiger partial charge in [0.1, 0.15) is 11.9 Å². The fourth-order valence-electron chi connectivity index (χ4n) is 3.08. The third-order valence-electron chi connectivity index (χ3n) is 4.29. The summed E-state index contributed by atoms with van der Waals surface area (Å²) in [4.78, 5) is 0. The standard InChI is InChI=1S/C18H29NO/c1-4-19-16-9-7-5-6-8-10-17(16)20-18-13-14(2)11-12-15(18)3/h11-13,16-17,19H,4-10H2,1-3H3. The van der Waals surface area contributed by atoms with E-state index in [4.69, 9.17) is 4.74 Å². The minimum absolute atomic E-state index is 0.316. The van der Waals surface area contributed by atoms with Crippen LogP contribution in [0, 0.1) is 13.8 Å². The highest BCUT2D eigenvalue weighted by Gasteiger charge is 2.24. The van der Waals surface area contributed by atoms with Crippen LogP contribution in [0.4, 0.5) is 0 Å². The lowest BCUT2D eigenvalue weighted by molar-refractivity contribution is 0.127. The van der Waals surface area contributed by atoms with Crippen LogP contribution in [0.25, 0.3) is 0 Å². The second kappa shape index (κ2) is 7.68. The average molecular weight is 275 g/mol. The van der Waals surface area contributed by atoms with Crippen LogP contribution in [0.15, 0.2) is 18.2 Å². The first-order valence-electron chi connectivity index (χ1n) is 8.18. The molecule has 2 rings (SSSR count). The molecule has 0 aromatic heterocycles. The van der Waals surface area contributed by atoms with Gasteiger partial charge in [0.2, 0.25) is 0 Å². The van der Waals surface area contributed by atoms with Crippen LogP contribution in [0.1, 0.15) is 56.6 Å². The maximum atomic E-state index is 6.41. The van der Waals surface area contributed by atoms with E-state index in [1.54, 1.807) is 0 Å². The molecule has 20 heavy (non-hydrogen) atoms. The minimum Gasteiger partial charge on any atom is -0.489 e. The van der Waals surface area contributed by atoms with Crippen LogP contribution in [-0.2, 0) is 0 Å². The molecule has 0 saturated heterocycles. The van der Waals surface area contributed by atoms with Gasteiger partial charge < -0.3 is 10.1 Å². The number of ether oxygens (including phenoxy) is 1. The Bertz CT molecular complexity index is 416. The molecule has 2 heteroatoms. The van der Waals surface area contributed by atoms with Gasteiger partial charge in [-0.1, -0.05) is 38.3 Å². The Kier molecular flexibility index (Phi) is 5.90. The van der Waals surface area contributed by atoms with Gasteiger partial charge in [0.25, 0.3) is 0 Å². The molecule has 0 radical (unpaired) electrons. The quantitative estimate of drug-likeness (QED) is 0.880. The Hall–Kier alpha value is -1.02. The molecule has 1 aliphatic rings. The Balaban J connectivity index is 2.10. The van der Waals surface area contributed by atoms with Crippen LogP contribution in [0.5, 0.6) is 5.75 Å². The zero-order valence-corrected chi connectivity index (χ0v) is 13.2. The van der Waals surface area contributed by atoms with Crippen molar-refractivity contribution in [1.29, 1.82) is 0 Å². The number of likely N-dealkylation sites (N-methyl/N-ethyl adjacent to an activating group) is 1. The van der Waals surface area contributed by atoms with Crippen molar-refractivity contribution in [2.75, 3.05) is 6.54 Å². The fraction of sp³-hybridized carbons (Fsp3) is 0.667. The number of hydrogen-bond donors (Lipinski definition) is 1. The van der Waals surface area contributed by atoms with E-state index in [0.717, 1.165) is 12.3 Å². The molecule has 1 aromatic carbocycles. The molecule has 0 bridgehead atoms. The summed E-state index contributed by atoms with van der Waals surface area (Å²) in [5.41, 5.74) is 2.52. The van der Waals surface area contributed by atoms with Gasteiger partial charge in [0.05, 0.1) is 0 Å². The first-order chi connectivity index (χ1) is 9.70. The Morgan fingerprint density at radius 2 is 1.85 bits per heavy atom. The normalized spacial score (nSPS) is 23.9. The van der Waals surface area contributed by atoms with Gasteiger partial charge in [0, 0.05) is 6.04 Å². The SMILES string of the molecule is CCNC1CCCCCCC1Oc1cc(C)ccc1C. The van der Waals surface area contributed by atoms with Crippen LogP contribution < -0.4 is 10.1 Å². The summed E-state index contributed by atoms with van der Waals surface area (Å²) in [6, 6.07) is 7.00. The van der Waals surface area contributed by atoms with Crippen LogP contribution in [0.3, 0.4) is 0 Å². The van der Waals surface area contributed by atoms with Crippen molar-refractivity contribution in [2.45, 2.75) is 71.4 Å². The zero-order chi connectivity index (χ0) is 14.4. The van der Waals surface area contributed by atoms with E-state index >= 15 is 0 Å². The lowest BCUT2D eigenvalue weighted by atomic mass is 9.94. The molecule has 1 N–H and O–H groups in total. The molecule has 0 spiro atoms. The number of rotatable bonds is 4. The van der Waals surface area contributed by atoms with Gasteiger partial charge >= 0.3 is 0 Å². The summed E-state index contributed by atoms with van der Waals surface area (Å²) in [5.74, 6) is 1.07. The third kappa shape index (κ3) is 4.24. The molecule has 2 atom stereocenters. The van der Waals surface area contributed by atoms with Crippen molar-refractivity contribution in [3.8, 4) is 5.75 Å². The molecular formula is C18H29NO. The average Bonchev–Trinajstić information content (AvgIpc) is 2.41. The third-order valence-corrected chi connectivity index (χ3v) is 4.29. The Morgan fingerprint density at radius 1 is 1.10 bits per heavy atom. The van der Waals surface area contributed by atoms with Crippen molar-refractivity contribution < 1.29 is 4.74 Å². The highest BCUT2D eigenvalue weighted by Crippen LogP contribution is 2.26. The maximum Gasteiger partial charge on any atom is 0.122 e.